The van der Waals surface area contributed by atoms with Crippen LogP contribution in [0.25, 0.3) is 0 Å². The first-order valence-corrected chi connectivity index (χ1v) is 10.0. The van der Waals surface area contributed by atoms with Gasteiger partial charge in [0.15, 0.2) is 0 Å². The maximum Gasteiger partial charge on any atom is 0.242 e. The molecule has 2 amide bonds. The number of hydrogen-bond acceptors (Lipinski definition) is 2. The highest BCUT2D eigenvalue weighted by molar-refractivity contribution is 5.88. The number of rotatable bonds is 8. The van der Waals surface area contributed by atoms with Gasteiger partial charge in [-0.25, -0.2) is 8.78 Å². The van der Waals surface area contributed by atoms with Gasteiger partial charge in [0.1, 0.15) is 17.7 Å². The molecule has 0 unspecified atom stereocenters. The standard InChI is InChI=1S/C25H24F2N2O2/c1-28-25(31)23(15-18-7-3-2-4-8-18)29(17-19-11-13-21(26)14-12-19)24(30)16-20-9-5-6-10-22(20)27/h2-14,23H,15-17H2,1H3,(H,28,31)/t23-/m1/s1. The van der Waals surface area contributed by atoms with E-state index >= 15 is 0 Å². The van der Waals surface area contributed by atoms with E-state index < -0.39 is 11.9 Å². The zero-order valence-electron chi connectivity index (χ0n) is 17.2. The van der Waals surface area contributed by atoms with Crippen LogP contribution in [-0.4, -0.2) is 29.8 Å². The lowest BCUT2D eigenvalue weighted by Crippen LogP contribution is -2.50. The lowest BCUT2D eigenvalue weighted by molar-refractivity contribution is -0.140. The minimum Gasteiger partial charge on any atom is -0.357 e. The Kier molecular flexibility index (Phi) is 7.49. The zero-order chi connectivity index (χ0) is 22.2. The van der Waals surface area contributed by atoms with Crippen LogP contribution in [0.5, 0.6) is 0 Å². The lowest BCUT2D eigenvalue weighted by Gasteiger charge is -2.31. The van der Waals surface area contributed by atoms with E-state index in [1.165, 1.54) is 30.1 Å². The normalized spacial score (nSPS) is 11.6. The van der Waals surface area contributed by atoms with Crippen molar-refractivity contribution in [2.24, 2.45) is 0 Å². The molecule has 0 aliphatic carbocycles. The Morgan fingerprint density at radius 1 is 0.871 bits per heavy atom. The molecule has 0 heterocycles. The van der Waals surface area contributed by atoms with Crippen molar-refractivity contribution in [2.45, 2.75) is 25.4 Å². The van der Waals surface area contributed by atoms with E-state index in [0.717, 1.165) is 5.56 Å². The first kappa shape index (κ1) is 22.2. The van der Waals surface area contributed by atoms with Gasteiger partial charge in [-0.2, -0.15) is 0 Å². The predicted molar refractivity (Wildman–Crippen MR) is 115 cm³/mol. The second-order valence-electron chi connectivity index (χ2n) is 7.24. The minimum atomic E-state index is -0.809. The fourth-order valence-electron chi connectivity index (χ4n) is 3.41. The van der Waals surface area contributed by atoms with Crippen molar-refractivity contribution in [3.05, 3.63) is 107 Å². The van der Waals surface area contributed by atoms with Crippen LogP contribution in [-0.2, 0) is 29.0 Å². The number of benzene rings is 3. The highest BCUT2D eigenvalue weighted by Gasteiger charge is 2.30. The van der Waals surface area contributed by atoms with E-state index in [1.807, 2.05) is 30.3 Å². The summed E-state index contributed by atoms with van der Waals surface area (Å²) >= 11 is 0. The quantitative estimate of drug-likeness (QED) is 0.599. The molecule has 3 rings (SSSR count). The van der Waals surface area contributed by atoms with Gasteiger partial charge in [-0.1, -0.05) is 60.7 Å². The Morgan fingerprint density at radius 2 is 1.52 bits per heavy atom. The van der Waals surface area contributed by atoms with E-state index in [4.69, 9.17) is 0 Å². The number of carbonyl (C=O) groups excluding carboxylic acids is 2. The number of hydrogen-bond donors (Lipinski definition) is 1. The lowest BCUT2D eigenvalue weighted by atomic mass is 10.0. The van der Waals surface area contributed by atoms with Crippen molar-refractivity contribution >= 4 is 11.8 Å². The Morgan fingerprint density at radius 3 is 2.16 bits per heavy atom. The highest BCUT2D eigenvalue weighted by Crippen LogP contribution is 2.18. The van der Waals surface area contributed by atoms with Gasteiger partial charge in [-0.05, 0) is 34.9 Å². The molecule has 31 heavy (non-hydrogen) atoms. The van der Waals surface area contributed by atoms with E-state index in [-0.39, 0.29) is 36.2 Å². The van der Waals surface area contributed by atoms with E-state index in [0.29, 0.717) is 12.0 Å². The number of nitrogens with zero attached hydrogens (tertiary/aromatic N) is 1. The first-order chi connectivity index (χ1) is 15.0. The average molecular weight is 422 g/mol. The Hall–Kier alpha value is -3.54. The van der Waals surface area contributed by atoms with Gasteiger partial charge >= 0.3 is 0 Å². The summed E-state index contributed by atoms with van der Waals surface area (Å²) in [6, 6.07) is 20.4. The van der Waals surface area contributed by atoms with Crippen LogP contribution in [0.15, 0.2) is 78.9 Å². The summed E-state index contributed by atoms with van der Waals surface area (Å²) in [5.41, 5.74) is 1.82. The Bertz CT molecular complexity index is 1020. The molecule has 0 saturated carbocycles. The first-order valence-electron chi connectivity index (χ1n) is 10.0. The second kappa shape index (κ2) is 10.5. The number of carbonyl (C=O) groups is 2. The number of likely N-dealkylation sites (N-methyl/N-ethyl adjacent to an activating group) is 1. The molecule has 0 saturated heterocycles. The maximum absolute atomic E-state index is 14.2. The predicted octanol–water partition coefficient (Wildman–Crippen LogP) is 3.89. The monoisotopic (exact) mass is 422 g/mol. The van der Waals surface area contributed by atoms with Crippen LogP contribution < -0.4 is 5.32 Å². The fourth-order valence-corrected chi connectivity index (χ4v) is 3.41. The van der Waals surface area contributed by atoms with Crippen LogP contribution in [0.1, 0.15) is 16.7 Å². The average Bonchev–Trinajstić information content (AvgIpc) is 2.79. The molecule has 0 bridgehead atoms. The van der Waals surface area contributed by atoms with Crippen LogP contribution >= 0.6 is 0 Å². The molecule has 1 N–H and O–H groups in total. The van der Waals surface area contributed by atoms with Gasteiger partial charge in [-0.15, -0.1) is 0 Å². The Balaban J connectivity index is 1.94. The molecule has 0 radical (unpaired) electrons. The zero-order valence-corrected chi connectivity index (χ0v) is 17.2. The van der Waals surface area contributed by atoms with Crippen molar-refractivity contribution in [2.75, 3.05) is 7.05 Å². The highest BCUT2D eigenvalue weighted by atomic mass is 19.1. The molecule has 1 atom stereocenters. The molecular weight excluding hydrogens is 398 g/mol. The molecule has 160 valence electrons. The molecule has 0 fully saturated rings. The summed E-state index contributed by atoms with van der Waals surface area (Å²) in [7, 11) is 1.51. The topological polar surface area (TPSA) is 49.4 Å². The van der Waals surface area contributed by atoms with Gasteiger partial charge in [-0.3, -0.25) is 9.59 Å². The van der Waals surface area contributed by atoms with Gasteiger partial charge in [0, 0.05) is 20.0 Å². The molecule has 0 spiro atoms. The summed E-state index contributed by atoms with van der Waals surface area (Å²) in [6.45, 7) is 0.0957. The van der Waals surface area contributed by atoms with Crippen LogP contribution in [0.2, 0.25) is 0 Å². The molecular formula is C25H24F2N2O2. The largest absolute Gasteiger partial charge is 0.357 e. The summed E-state index contributed by atoms with van der Waals surface area (Å²) in [6.07, 6.45) is 0.112. The minimum absolute atomic E-state index is 0.0957. The smallest absolute Gasteiger partial charge is 0.242 e. The van der Waals surface area contributed by atoms with Crippen molar-refractivity contribution in [1.29, 1.82) is 0 Å². The van der Waals surface area contributed by atoms with E-state index in [1.54, 1.807) is 30.3 Å². The molecule has 0 aliphatic rings. The van der Waals surface area contributed by atoms with E-state index in [9.17, 15) is 18.4 Å². The number of amides is 2. The molecule has 0 aromatic heterocycles. The van der Waals surface area contributed by atoms with Crippen LogP contribution in [0, 0.1) is 11.6 Å². The fraction of sp³-hybridized carbons (Fsp3) is 0.200. The Labute approximate surface area is 180 Å². The van der Waals surface area contributed by atoms with Gasteiger partial charge < -0.3 is 10.2 Å². The molecule has 3 aromatic rings. The number of halogens is 2. The third kappa shape index (κ3) is 5.98. The van der Waals surface area contributed by atoms with Crippen molar-refractivity contribution < 1.29 is 18.4 Å². The summed E-state index contributed by atoms with van der Waals surface area (Å²) < 4.78 is 27.5. The third-order valence-corrected chi connectivity index (χ3v) is 5.08. The van der Waals surface area contributed by atoms with Crippen molar-refractivity contribution in [3.63, 3.8) is 0 Å². The summed E-state index contributed by atoms with van der Waals surface area (Å²) in [5, 5.41) is 2.62. The van der Waals surface area contributed by atoms with Crippen LogP contribution in [0.4, 0.5) is 8.78 Å². The van der Waals surface area contributed by atoms with E-state index in [2.05, 4.69) is 5.32 Å². The van der Waals surface area contributed by atoms with Crippen molar-refractivity contribution in [3.8, 4) is 0 Å². The molecule has 3 aromatic carbocycles. The van der Waals surface area contributed by atoms with Gasteiger partial charge in [0.2, 0.25) is 11.8 Å². The summed E-state index contributed by atoms with van der Waals surface area (Å²) in [5.74, 6) is -1.58. The second-order valence-corrected chi connectivity index (χ2v) is 7.24. The maximum atomic E-state index is 14.2. The molecule has 4 nitrogen and oxygen atoms in total. The van der Waals surface area contributed by atoms with Crippen molar-refractivity contribution in [1.82, 2.24) is 10.2 Å². The van der Waals surface area contributed by atoms with Gasteiger partial charge in [0.05, 0.1) is 6.42 Å². The summed E-state index contributed by atoms with van der Waals surface area (Å²) in [4.78, 5) is 27.5. The SMILES string of the molecule is CNC(=O)[C@@H](Cc1ccccc1)N(Cc1ccc(F)cc1)C(=O)Cc1ccccc1F. The molecule has 6 heteroatoms. The number of nitrogens with one attached hydrogen (secondary N) is 1. The molecule has 0 aliphatic heterocycles. The third-order valence-electron chi connectivity index (χ3n) is 5.08. The van der Waals surface area contributed by atoms with Gasteiger partial charge in [0.25, 0.3) is 0 Å². The van der Waals surface area contributed by atoms with Crippen LogP contribution in [0.3, 0.4) is 0 Å².